The summed E-state index contributed by atoms with van der Waals surface area (Å²) in [6.45, 7) is 4.91. The molecule has 2 fully saturated rings. The number of aromatic nitrogens is 1. The number of anilines is 1. The van der Waals surface area contributed by atoms with Crippen LogP contribution in [0.3, 0.4) is 0 Å². The summed E-state index contributed by atoms with van der Waals surface area (Å²) in [4.78, 5) is 40.0. The highest BCUT2D eigenvalue weighted by atomic mass is 32.2. The Morgan fingerprint density at radius 1 is 1.37 bits per heavy atom. The van der Waals surface area contributed by atoms with E-state index in [1.54, 1.807) is 20.0 Å². The molecule has 0 bridgehead atoms. The first-order chi connectivity index (χ1) is 14.1. The van der Waals surface area contributed by atoms with Gasteiger partial charge in [0.1, 0.15) is 28.3 Å². The van der Waals surface area contributed by atoms with E-state index in [1.165, 1.54) is 4.57 Å². The Balaban J connectivity index is 2.15. The quantitative estimate of drug-likeness (QED) is 0.554. The first kappa shape index (κ1) is 22.1. The van der Waals surface area contributed by atoms with E-state index in [1.807, 2.05) is 6.07 Å². The normalized spacial score (nSPS) is 18.9. The molecule has 0 aliphatic carbocycles. The van der Waals surface area contributed by atoms with Crippen molar-refractivity contribution in [2.24, 2.45) is 13.0 Å². The number of hydrogen-bond donors (Lipinski definition) is 1. The molecule has 8 nitrogen and oxygen atoms in total. The Labute approximate surface area is 183 Å². The highest BCUT2D eigenvalue weighted by molar-refractivity contribution is 8.26. The molecule has 1 amide bonds. The zero-order valence-corrected chi connectivity index (χ0v) is 18.6. The maximum Gasteiger partial charge on any atom is 0.323 e. The standard InChI is InChI=1S/C20H22N4O4S2/c1-11-4-6-23(7-5-11)17-13(12(2)14(9-21)18(27)22(17)3)8-15-19(28)24(10-16(25)26)20(29)30-15/h8,11H,4-7,10H2,1-3H3,(H,25,26)/b15-8-. The molecule has 30 heavy (non-hydrogen) atoms. The predicted molar refractivity (Wildman–Crippen MR) is 119 cm³/mol. The van der Waals surface area contributed by atoms with Crippen LogP contribution in [-0.4, -0.2) is 50.4 Å². The third-order valence-electron chi connectivity index (χ3n) is 5.49. The second-order valence-electron chi connectivity index (χ2n) is 7.54. The molecule has 0 aromatic carbocycles. The number of thiocarbonyl (C=S) groups is 1. The van der Waals surface area contributed by atoms with Crippen LogP contribution in [0.4, 0.5) is 5.82 Å². The van der Waals surface area contributed by atoms with Gasteiger partial charge < -0.3 is 10.0 Å². The van der Waals surface area contributed by atoms with Gasteiger partial charge in [-0.25, -0.2) is 0 Å². The third-order valence-corrected chi connectivity index (χ3v) is 6.87. The van der Waals surface area contributed by atoms with Crippen LogP contribution in [0.15, 0.2) is 9.70 Å². The molecular formula is C20H22N4O4S2. The Kier molecular flexibility index (Phi) is 6.33. The molecule has 1 N–H and O–H groups in total. The van der Waals surface area contributed by atoms with Gasteiger partial charge in [-0.2, -0.15) is 5.26 Å². The van der Waals surface area contributed by atoms with Crippen molar-refractivity contribution in [2.45, 2.75) is 26.7 Å². The number of carbonyl (C=O) groups excluding carboxylic acids is 1. The van der Waals surface area contributed by atoms with Crippen LogP contribution >= 0.6 is 24.0 Å². The van der Waals surface area contributed by atoms with E-state index in [4.69, 9.17) is 17.3 Å². The number of nitriles is 1. The lowest BCUT2D eigenvalue weighted by molar-refractivity contribution is -0.140. The van der Waals surface area contributed by atoms with Crippen LogP contribution in [0.25, 0.3) is 6.08 Å². The monoisotopic (exact) mass is 446 g/mol. The summed E-state index contributed by atoms with van der Waals surface area (Å²) in [5, 5.41) is 18.6. The molecule has 10 heteroatoms. The zero-order valence-electron chi connectivity index (χ0n) is 17.0. The van der Waals surface area contributed by atoms with Gasteiger partial charge in [0.2, 0.25) is 0 Å². The number of amides is 1. The molecule has 0 saturated carbocycles. The molecule has 0 atom stereocenters. The Bertz CT molecular complexity index is 1060. The van der Waals surface area contributed by atoms with Gasteiger partial charge in [0.25, 0.3) is 11.5 Å². The van der Waals surface area contributed by atoms with E-state index in [0.29, 0.717) is 22.9 Å². The fourth-order valence-electron chi connectivity index (χ4n) is 3.72. The summed E-state index contributed by atoms with van der Waals surface area (Å²) in [6, 6.07) is 1.97. The van der Waals surface area contributed by atoms with Crippen LogP contribution < -0.4 is 10.5 Å². The molecule has 1 aromatic rings. The van der Waals surface area contributed by atoms with Crippen LogP contribution in [0.1, 0.15) is 36.5 Å². The molecule has 0 radical (unpaired) electrons. The topological polar surface area (TPSA) is 107 Å². The number of aliphatic carboxylic acids is 1. The second-order valence-corrected chi connectivity index (χ2v) is 9.22. The lowest BCUT2D eigenvalue weighted by atomic mass is 9.97. The largest absolute Gasteiger partial charge is 0.480 e. The lowest BCUT2D eigenvalue weighted by Crippen LogP contribution is -2.38. The average molecular weight is 447 g/mol. The van der Waals surface area contributed by atoms with Crippen molar-refractivity contribution in [1.29, 1.82) is 5.26 Å². The van der Waals surface area contributed by atoms with E-state index in [-0.39, 0.29) is 20.3 Å². The summed E-state index contributed by atoms with van der Waals surface area (Å²) in [6.07, 6.45) is 3.59. The number of nitrogens with zero attached hydrogens (tertiary/aromatic N) is 4. The summed E-state index contributed by atoms with van der Waals surface area (Å²) in [5.41, 5.74) is 0.759. The van der Waals surface area contributed by atoms with Gasteiger partial charge >= 0.3 is 5.97 Å². The molecule has 2 saturated heterocycles. The van der Waals surface area contributed by atoms with Crippen molar-refractivity contribution < 1.29 is 14.7 Å². The van der Waals surface area contributed by atoms with Crippen LogP contribution in [-0.2, 0) is 16.6 Å². The number of rotatable bonds is 4. The lowest BCUT2D eigenvalue weighted by Gasteiger charge is -2.34. The molecule has 2 aliphatic rings. The van der Waals surface area contributed by atoms with Crippen molar-refractivity contribution >= 4 is 52.1 Å². The average Bonchev–Trinajstić information content (AvgIpc) is 2.95. The maximum absolute atomic E-state index is 12.8. The number of piperidine rings is 1. The predicted octanol–water partition coefficient (Wildman–Crippen LogP) is 2.09. The van der Waals surface area contributed by atoms with Gasteiger partial charge in [0, 0.05) is 25.7 Å². The molecule has 158 valence electrons. The van der Waals surface area contributed by atoms with Gasteiger partial charge in [-0.3, -0.25) is 23.9 Å². The first-order valence-electron chi connectivity index (χ1n) is 9.51. The maximum atomic E-state index is 12.8. The molecular weight excluding hydrogens is 424 g/mol. The Hall–Kier alpha value is -2.64. The van der Waals surface area contributed by atoms with E-state index >= 15 is 0 Å². The van der Waals surface area contributed by atoms with E-state index in [9.17, 15) is 19.6 Å². The van der Waals surface area contributed by atoms with Crippen molar-refractivity contribution in [1.82, 2.24) is 9.47 Å². The molecule has 2 aliphatic heterocycles. The van der Waals surface area contributed by atoms with E-state index in [0.717, 1.165) is 42.6 Å². The summed E-state index contributed by atoms with van der Waals surface area (Å²) >= 11 is 6.20. The SMILES string of the molecule is Cc1c(/C=C2\SC(=S)N(CC(=O)O)C2=O)c(N2CCC(C)CC2)n(C)c(=O)c1C#N. The van der Waals surface area contributed by atoms with Crippen molar-refractivity contribution in [3.05, 3.63) is 31.9 Å². The number of pyridine rings is 1. The summed E-state index contributed by atoms with van der Waals surface area (Å²) in [5.74, 6) is -0.390. The Morgan fingerprint density at radius 2 is 2.00 bits per heavy atom. The number of hydrogen-bond acceptors (Lipinski definition) is 7. The molecule has 0 unspecified atom stereocenters. The van der Waals surface area contributed by atoms with Crippen LogP contribution in [0, 0.1) is 24.2 Å². The van der Waals surface area contributed by atoms with Crippen molar-refractivity contribution in [3.8, 4) is 6.07 Å². The minimum Gasteiger partial charge on any atom is -0.480 e. The number of carboxylic acid groups (broad SMARTS) is 1. The van der Waals surface area contributed by atoms with Crippen molar-refractivity contribution in [2.75, 3.05) is 24.5 Å². The fraction of sp³-hybridized carbons (Fsp3) is 0.450. The van der Waals surface area contributed by atoms with Gasteiger partial charge in [-0.1, -0.05) is 30.9 Å². The minimum atomic E-state index is -1.15. The minimum absolute atomic E-state index is 0.0268. The molecule has 3 rings (SSSR count). The fourth-order valence-corrected chi connectivity index (χ4v) is 4.95. The van der Waals surface area contributed by atoms with E-state index in [2.05, 4.69) is 11.8 Å². The highest BCUT2D eigenvalue weighted by Crippen LogP contribution is 2.36. The number of carboxylic acids is 1. The van der Waals surface area contributed by atoms with Gasteiger partial charge in [-0.15, -0.1) is 0 Å². The third kappa shape index (κ3) is 4.00. The summed E-state index contributed by atoms with van der Waals surface area (Å²) in [7, 11) is 1.63. The van der Waals surface area contributed by atoms with Gasteiger partial charge in [-0.05, 0) is 37.3 Å². The van der Waals surface area contributed by atoms with E-state index < -0.39 is 18.4 Å². The smallest absolute Gasteiger partial charge is 0.323 e. The number of carbonyl (C=O) groups is 2. The van der Waals surface area contributed by atoms with Gasteiger partial charge in [0.15, 0.2) is 0 Å². The number of thioether (sulfide) groups is 1. The molecule has 1 aromatic heterocycles. The van der Waals surface area contributed by atoms with Crippen LogP contribution in [0.2, 0.25) is 0 Å². The summed E-state index contributed by atoms with van der Waals surface area (Å²) < 4.78 is 1.63. The molecule has 0 spiro atoms. The van der Waals surface area contributed by atoms with Crippen LogP contribution in [0.5, 0.6) is 0 Å². The van der Waals surface area contributed by atoms with Gasteiger partial charge in [0.05, 0.1) is 4.91 Å². The highest BCUT2D eigenvalue weighted by Gasteiger charge is 2.34. The Morgan fingerprint density at radius 3 is 2.57 bits per heavy atom. The first-order valence-corrected chi connectivity index (χ1v) is 10.7. The molecule has 3 heterocycles. The zero-order chi connectivity index (χ0) is 22.2. The second kappa shape index (κ2) is 8.62. The van der Waals surface area contributed by atoms with Crippen molar-refractivity contribution in [3.63, 3.8) is 0 Å².